The number of nitrogens with one attached hydrogen (secondary N) is 1. The van der Waals surface area contributed by atoms with Crippen molar-refractivity contribution in [2.45, 2.75) is 12.5 Å². The molecule has 118 valence electrons. The van der Waals surface area contributed by atoms with Crippen LogP contribution in [0, 0.1) is 0 Å². The molecular weight excluding hydrogens is 268 g/mol. The van der Waals surface area contributed by atoms with Crippen LogP contribution in [-0.4, -0.2) is 59.0 Å². The highest BCUT2D eigenvalue weighted by molar-refractivity contribution is 5.43. The summed E-state index contributed by atoms with van der Waals surface area (Å²) < 4.78 is 16.1. The van der Waals surface area contributed by atoms with Crippen LogP contribution in [-0.2, 0) is 4.74 Å². The molecule has 1 aromatic carbocycles. The molecule has 0 bridgehead atoms. The van der Waals surface area contributed by atoms with Gasteiger partial charge < -0.3 is 24.4 Å². The van der Waals surface area contributed by atoms with E-state index >= 15 is 0 Å². The second-order valence-electron chi connectivity index (χ2n) is 5.34. The maximum absolute atomic E-state index is 5.71. The van der Waals surface area contributed by atoms with Gasteiger partial charge in [-0.1, -0.05) is 0 Å². The first-order valence-electron chi connectivity index (χ1n) is 7.46. The molecule has 2 rings (SSSR count). The Hall–Kier alpha value is -1.30. The highest BCUT2D eigenvalue weighted by Gasteiger charge is 2.21. The quantitative estimate of drug-likeness (QED) is 0.790. The lowest BCUT2D eigenvalue weighted by atomic mass is 10.00. The lowest BCUT2D eigenvalue weighted by Crippen LogP contribution is -2.35. The fraction of sp³-hybridized carbons (Fsp3) is 0.625. The Labute approximate surface area is 127 Å². The maximum Gasteiger partial charge on any atom is 0.124 e. The summed E-state index contributed by atoms with van der Waals surface area (Å²) in [5.41, 5.74) is 1.19. The van der Waals surface area contributed by atoms with Gasteiger partial charge in [-0.15, -0.1) is 0 Å². The molecule has 0 radical (unpaired) electrons. The third kappa shape index (κ3) is 4.59. The van der Waals surface area contributed by atoms with Crippen molar-refractivity contribution in [2.75, 3.05) is 54.1 Å². The van der Waals surface area contributed by atoms with E-state index in [1.807, 2.05) is 12.1 Å². The van der Waals surface area contributed by atoms with Gasteiger partial charge in [-0.3, -0.25) is 0 Å². The van der Waals surface area contributed by atoms with Crippen LogP contribution in [0.25, 0.3) is 0 Å². The van der Waals surface area contributed by atoms with E-state index in [9.17, 15) is 0 Å². The Morgan fingerprint density at radius 2 is 2.19 bits per heavy atom. The van der Waals surface area contributed by atoms with Gasteiger partial charge in [0, 0.05) is 44.8 Å². The number of benzene rings is 1. The third-order valence-electron chi connectivity index (χ3n) is 3.82. The predicted octanol–water partition coefficient (Wildman–Crippen LogP) is 1.69. The number of hydrogen-bond acceptors (Lipinski definition) is 5. The highest BCUT2D eigenvalue weighted by Crippen LogP contribution is 2.34. The minimum Gasteiger partial charge on any atom is -0.497 e. The Morgan fingerprint density at radius 1 is 1.33 bits per heavy atom. The van der Waals surface area contributed by atoms with Crippen molar-refractivity contribution in [1.29, 1.82) is 0 Å². The number of hydrogen-bond donors (Lipinski definition) is 1. The summed E-state index contributed by atoms with van der Waals surface area (Å²) in [5.74, 6) is 1.84. The number of fused-ring (bicyclic) bond motifs is 1. The van der Waals surface area contributed by atoms with Gasteiger partial charge in [-0.2, -0.15) is 0 Å². The monoisotopic (exact) mass is 294 g/mol. The zero-order chi connectivity index (χ0) is 15.1. The van der Waals surface area contributed by atoms with Crippen molar-refractivity contribution in [1.82, 2.24) is 10.2 Å². The fourth-order valence-corrected chi connectivity index (χ4v) is 2.50. The summed E-state index contributed by atoms with van der Waals surface area (Å²) in [7, 11) is 5.54. The molecule has 1 aliphatic heterocycles. The molecule has 0 aliphatic carbocycles. The van der Waals surface area contributed by atoms with Crippen LogP contribution >= 0.6 is 0 Å². The van der Waals surface area contributed by atoms with Crippen LogP contribution in [0.4, 0.5) is 0 Å². The van der Waals surface area contributed by atoms with E-state index in [0.29, 0.717) is 6.04 Å². The zero-order valence-corrected chi connectivity index (χ0v) is 13.2. The molecule has 1 N–H and O–H groups in total. The lowest BCUT2D eigenvalue weighted by Gasteiger charge is -2.28. The average molecular weight is 294 g/mol. The summed E-state index contributed by atoms with van der Waals surface area (Å²) in [6, 6.07) is 6.34. The van der Waals surface area contributed by atoms with Crippen LogP contribution in [0.15, 0.2) is 18.2 Å². The summed E-state index contributed by atoms with van der Waals surface area (Å²) in [4.78, 5) is 2.27. The van der Waals surface area contributed by atoms with Gasteiger partial charge in [0.15, 0.2) is 0 Å². The van der Waals surface area contributed by atoms with E-state index in [1.54, 1.807) is 14.2 Å². The van der Waals surface area contributed by atoms with Crippen LogP contribution < -0.4 is 14.8 Å². The van der Waals surface area contributed by atoms with Gasteiger partial charge >= 0.3 is 0 Å². The van der Waals surface area contributed by atoms with Gasteiger partial charge in [-0.05, 0) is 25.2 Å². The summed E-state index contributed by atoms with van der Waals surface area (Å²) in [6.45, 7) is 4.43. The Balaban J connectivity index is 1.88. The normalized spacial score (nSPS) is 17.4. The van der Waals surface area contributed by atoms with Crippen LogP contribution in [0.3, 0.4) is 0 Å². The molecule has 0 saturated heterocycles. The number of likely N-dealkylation sites (N-methyl/N-ethyl adjacent to an activating group) is 1. The first kappa shape index (κ1) is 16.1. The first-order valence-corrected chi connectivity index (χ1v) is 7.46. The van der Waals surface area contributed by atoms with E-state index in [4.69, 9.17) is 14.2 Å². The molecule has 1 aromatic rings. The second-order valence-corrected chi connectivity index (χ2v) is 5.34. The van der Waals surface area contributed by atoms with Crippen molar-refractivity contribution < 1.29 is 14.2 Å². The van der Waals surface area contributed by atoms with Gasteiger partial charge in [-0.25, -0.2) is 0 Å². The Morgan fingerprint density at radius 3 is 2.95 bits per heavy atom. The molecule has 21 heavy (non-hydrogen) atoms. The molecule has 5 nitrogen and oxygen atoms in total. The van der Waals surface area contributed by atoms with E-state index in [1.165, 1.54) is 5.56 Å². The molecule has 0 saturated carbocycles. The highest BCUT2D eigenvalue weighted by atomic mass is 16.5. The van der Waals surface area contributed by atoms with E-state index in [2.05, 4.69) is 23.3 Å². The molecule has 1 atom stereocenters. The summed E-state index contributed by atoms with van der Waals surface area (Å²) in [5, 5.41) is 3.62. The number of ether oxygens (including phenoxy) is 3. The number of rotatable bonds is 8. The topological polar surface area (TPSA) is 43.0 Å². The molecule has 5 heteroatoms. The second kappa shape index (κ2) is 8.22. The van der Waals surface area contributed by atoms with Crippen molar-refractivity contribution in [2.24, 2.45) is 0 Å². The molecule has 0 aromatic heterocycles. The molecule has 1 unspecified atom stereocenters. The molecule has 1 heterocycles. The largest absolute Gasteiger partial charge is 0.497 e. The third-order valence-corrected chi connectivity index (χ3v) is 3.82. The molecule has 0 amide bonds. The van der Waals surface area contributed by atoms with E-state index in [0.717, 1.165) is 50.8 Å². The molecule has 0 spiro atoms. The van der Waals surface area contributed by atoms with Crippen LogP contribution in [0.5, 0.6) is 11.5 Å². The summed E-state index contributed by atoms with van der Waals surface area (Å²) >= 11 is 0. The number of nitrogens with zero attached hydrogens (tertiary/aromatic N) is 1. The van der Waals surface area contributed by atoms with Crippen molar-refractivity contribution in [3.63, 3.8) is 0 Å². The van der Waals surface area contributed by atoms with E-state index < -0.39 is 0 Å². The molecule has 0 fully saturated rings. The maximum atomic E-state index is 5.71. The summed E-state index contributed by atoms with van der Waals surface area (Å²) in [6.07, 6.45) is 0.988. The minimum absolute atomic E-state index is 0.333. The molecule has 1 aliphatic rings. The number of methoxy groups -OCH3 is 2. The van der Waals surface area contributed by atoms with Crippen molar-refractivity contribution in [3.8, 4) is 11.5 Å². The zero-order valence-electron chi connectivity index (χ0n) is 13.2. The SMILES string of the molecule is COCCN(C)CCNC1CCOc2ccc(OC)cc21. The average Bonchev–Trinajstić information content (AvgIpc) is 2.52. The smallest absolute Gasteiger partial charge is 0.124 e. The van der Waals surface area contributed by atoms with Crippen LogP contribution in [0.2, 0.25) is 0 Å². The van der Waals surface area contributed by atoms with Gasteiger partial charge in [0.05, 0.1) is 20.3 Å². The van der Waals surface area contributed by atoms with Gasteiger partial charge in [0.2, 0.25) is 0 Å². The lowest BCUT2D eigenvalue weighted by molar-refractivity contribution is 0.160. The first-order chi connectivity index (χ1) is 10.2. The van der Waals surface area contributed by atoms with Crippen LogP contribution in [0.1, 0.15) is 18.0 Å². The predicted molar refractivity (Wildman–Crippen MR) is 83.2 cm³/mol. The molecular formula is C16H26N2O3. The fourth-order valence-electron chi connectivity index (χ4n) is 2.50. The van der Waals surface area contributed by atoms with Crippen molar-refractivity contribution in [3.05, 3.63) is 23.8 Å². The van der Waals surface area contributed by atoms with Gasteiger partial charge in [0.25, 0.3) is 0 Å². The van der Waals surface area contributed by atoms with Crippen molar-refractivity contribution >= 4 is 0 Å². The Kier molecular flexibility index (Phi) is 6.29. The van der Waals surface area contributed by atoms with Gasteiger partial charge in [0.1, 0.15) is 11.5 Å². The van der Waals surface area contributed by atoms with E-state index in [-0.39, 0.29) is 0 Å². The Bertz CT molecular complexity index is 440. The standard InChI is InChI=1S/C16H26N2O3/c1-18(9-11-19-2)8-7-17-15-6-10-21-16-5-4-13(20-3)12-14(15)16/h4-5,12,15,17H,6-11H2,1-3H3. The minimum atomic E-state index is 0.333.